The van der Waals surface area contributed by atoms with E-state index in [1.54, 1.807) is 49.4 Å². The Balaban J connectivity index is 1.48. The SMILES string of the molecule is C=C1CC[C@](C)(N2C(=O)c3ccc(CCC(=O)c4ccc(OCC)cc4)cc3C2=O)C(=O)C1. The maximum absolute atomic E-state index is 13.2. The number of benzene rings is 2. The van der Waals surface area contributed by atoms with Crippen molar-refractivity contribution in [3.63, 3.8) is 0 Å². The van der Waals surface area contributed by atoms with E-state index in [0.717, 1.165) is 21.8 Å². The van der Waals surface area contributed by atoms with E-state index in [9.17, 15) is 19.2 Å². The van der Waals surface area contributed by atoms with Gasteiger partial charge in [0.2, 0.25) is 0 Å². The van der Waals surface area contributed by atoms with Crippen LogP contribution in [0.2, 0.25) is 0 Å². The second kappa shape index (κ2) is 8.77. The number of ketones is 2. The number of fused-ring (bicyclic) bond motifs is 1. The zero-order valence-corrected chi connectivity index (χ0v) is 19.0. The summed E-state index contributed by atoms with van der Waals surface area (Å²) in [5.74, 6) is -0.333. The highest BCUT2D eigenvalue weighted by Crippen LogP contribution is 2.38. The van der Waals surface area contributed by atoms with Crippen LogP contribution in [-0.2, 0) is 11.2 Å². The molecular formula is C27H27NO5. The van der Waals surface area contributed by atoms with E-state index in [2.05, 4.69) is 6.58 Å². The molecule has 2 amide bonds. The zero-order chi connectivity index (χ0) is 23.8. The molecule has 1 fully saturated rings. The minimum atomic E-state index is -1.15. The van der Waals surface area contributed by atoms with Crippen LogP contribution >= 0.6 is 0 Å². The monoisotopic (exact) mass is 445 g/mol. The lowest BCUT2D eigenvalue weighted by Gasteiger charge is -2.39. The molecule has 0 aromatic heterocycles. The summed E-state index contributed by atoms with van der Waals surface area (Å²) in [5, 5.41) is 0. The Morgan fingerprint density at radius 1 is 1.06 bits per heavy atom. The highest BCUT2D eigenvalue weighted by molar-refractivity contribution is 6.23. The molecule has 1 heterocycles. The molecule has 6 nitrogen and oxygen atoms in total. The summed E-state index contributed by atoms with van der Waals surface area (Å²) in [7, 11) is 0. The molecule has 0 saturated heterocycles. The van der Waals surface area contributed by atoms with Crippen molar-refractivity contribution in [2.75, 3.05) is 6.61 Å². The van der Waals surface area contributed by atoms with Gasteiger partial charge in [0.1, 0.15) is 11.3 Å². The summed E-state index contributed by atoms with van der Waals surface area (Å²) in [6, 6.07) is 12.1. The quantitative estimate of drug-likeness (QED) is 0.354. The average Bonchev–Trinajstić information content (AvgIpc) is 3.05. The number of allylic oxidation sites excluding steroid dienone is 1. The molecule has 2 aliphatic rings. The van der Waals surface area contributed by atoms with Crippen molar-refractivity contribution in [2.45, 2.75) is 51.5 Å². The number of carbonyl (C=O) groups excluding carboxylic acids is 4. The first-order valence-electron chi connectivity index (χ1n) is 11.2. The van der Waals surface area contributed by atoms with Gasteiger partial charge in [0, 0.05) is 18.4 Å². The van der Waals surface area contributed by atoms with Crippen LogP contribution < -0.4 is 4.74 Å². The smallest absolute Gasteiger partial charge is 0.262 e. The maximum Gasteiger partial charge on any atom is 0.262 e. The van der Waals surface area contributed by atoms with Gasteiger partial charge in [-0.3, -0.25) is 24.1 Å². The van der Waals surface area contributed by atoms with Crippen LogP contribution in [0, 0.1) is 0 Å². The van der Waals surface area contributed by atoms with E-state index in [-0.39, 0.29) is 24.4 Å². The number of Topliss-reactive ketones (excluding diaryl/α,β-unsaturated/α-hetero) is 2. The van der Waals surface area contributed by atoms with Gasteiger partial charge in [-0.05, 0) is 75.1 Å². The topological polar surface area (TPSA) is 80.8 Å². The number of amides is 2. The summed E-state index contributed by atoms with van der Waals surface area (Å²) in [5.41, 5.74) is 1.67. The molecule has 0 N–H and O–H groups in total. The highest BCUT2D eigenvalue weighted by atomic mass is 16.5. The molecule has 1 aliphatic carbocycles. The molecule has 2 aromatic rings. The average molecular weight is 446 g/mol. The standard InChI is InChI=1S/C27H27NO5/c1-4-33-20-9-7-19(8-10-20)23(29)12-6-18-5-11-21-22(16-18)26(32)28(25(21)31)27(3)14-13-17(2)15-24(27)30/h5,7-11,16H,2,4,6,12-15H2,1,3H3/t27-/m0/s1. The zero-order valence-electron chi connectivity index (χ0n) is 19.0. The van der Waals surface area contributed by atoms with Gasteiger partial charge in [-0.2, -0.15) is 0 Å². The summed E-state index contributed by atoms with van der Waals surface area (Å²) in [6.07, 6.45) is 1.89. The number of rotatable bonds is 7. The molecule has 6 heteroatoms. The first-order valence-corrected chi connectivity index (χ1v) is 11.2. The molecule has 2 aromatic carbocycles. The Kier molecular flexibility index (Phi) is 6.02. The van der Waals surface area contributed by atoms with Crippen molar-refractivity contribution in [2.24, 2.45) is 0 Å². The van der Waals surface area contributed by atoms with Crippen LogP contribution in [0.4, 0.5) is 0 Å². The highest BCUT2D eigenvalue weighted by Gasteiger charge is 2.51. The van der Waals surface area contributed by atoms with E-state index >= 15 is 0 Å². The second-order valence-electron chi connectivity index (χ2n) is 8.83. The molecule has 1 atom stereocenters. The van der Waals surface area contributed by atoms with Crippen molar-refractivity contribution in [1.29, 1.82) is 0 Å². The Morgan fingerprint density at radius 2 is 1.76 bits per heavy atom. The van der Waals surface area contributed by atoms with Crippen molar-refractivity contribution in [1.82, 2.24) is 4.90 Å². The molecular weight excluding hydrogens is 418 g/mol. The van der Waals surface area contributed by atoms with Gasteiger partial charge >= 0.3 is 0 Å². The van der Waals surface area contributed by atoms with E-state index in [1.807, 2.05) is 6.92 Å². The van der Waals surface area contributed by atoms with Crippen LogP contribution in [0.15, 0.2) is 54.6 Å². The van der Waals surface area contributed by atoms with Crippen LogP contribution in [0.5, 0.6) is 5.75 Å². The van der Waals surface area contributed by atoms with Gasteiger partial charge in [0.15, 0.2) is 11.6 Å². The fourth-order valence-electron chi connectivity index (χ4n) is 4.50. The first kappa shape index (κ1) is 22.6. The number of imide groups is 1. The van der Waals surface area contributed by atoms with Gasteiger partial charge in [0.25, 0.3) is 11.8 Å². The Morgan fingerprint density at radius 3 is 2.42 bits per heavy atom. The molecule has 4 rings (SSSR count). The molecule has 0 spiro atoms. The third-order valence-corrected chi connectivity index (χ3v) is 6.55. The van der Waals surface area contributed by atoms with Gasteiger partial charge in [0.05, 0.1) is 17.7 Å². The molecule has 170 valence electrons. The number of aryl methyl sites for hydroxylation is 1. The molecule has 1 aliphatic heterocycles. The van der Waals surface area contributed by atoms with Crippen molar-refractivity contribution < 1.29 is 23.9 Å². The maximum atomic E-state index is 13.2. The Bertz CT molecular complexity index is 1160. The van der Waals surface area contributed by atoms with E-state index in [0.29, 0.717) is 42.6 Å². The lowest BCUT2D eigenvalue weighted by Crippen LogP contribution is -2.56. The number of hydrogen-bond donors (Lipinski definition) is 0. The number of carbonyl (C=O) groups is 4. The van der Waals surface area contributed by atoms with Crippen LogP contribution in [0.1, 0.15) is 76.2 Å². The summed E-state index contributed by atoms with van der Waals surface area (Å²) in [6.45, 7) is 8.00. The summed E-state index contributed by atoms with van der Waals surface area (Å²) in [4.78, 5) is 52.7. The van der Waals surface area contributed by atoms with Crippen molar-refractivity contribution >= 4 is 23.4 Å². The van der Waals surface area contributed by atoms with Crippen LogP contribution in [0.3, 0.4) is 0 Å². The van der Waals surface area contributed by atoms with Gasteiger partial charge in [-0.15, -0.1) is 0 Å². The fourth-order valence-corrected chi connectivity index (χ4v) is 4.50. The predicted molar refractivity (Wildman–Crippen MR) is 124 cm³/mol. The summed E-state index contributed by atoms with van der Waals surface area (Å²) >= 11 is 0. The minimum absolute atomic E-state index is 0.0110. The second-order valence-corrected chi connectivity index (χ2v) is 8.83. The molecule has 0 bridgehead atoms. The lowest BCUT2D eigenvalue weighted by molar-refractivity contribution is -0.128. The predicted octanol–water partition coefficient (Wildman–Crippen LogP) is 4.56. The van der Waals surface area contributed by atoms with Crippen LogP contribution in [0.25, 0.3) is 0 Å². The van der Waals surface area contributed by atoms with E-state index in [4.69, 9.17) is 4.74 Å². The third kappa shape index (κ3) is 4.13. The molecule has 1 saturated carbocycles. The number of ether oxygens (including phenoxy) is 1. The Labute approximate surface area is 193 Å². The summed E-state index contributed by atoms with van der Waals surface area (Å²) < 4.78 is 5.40. The largest absolute Gasteiger partial charge is 0.494 e. The number of hydrogen-bond acceptors (Lipinski definition) is 5. The molecule has 0 unspecified atom stereocenters. The Hall–Kier alpha value is -3.54. The molecule has 33 heavy (non-hydrogen) atoms. The van der Waals surface area contributed by atoms with Crippen molar-refractivity contribution in [3.05, 3.63) is 76.9 Å². The van der Waals surface area contributed by atoms with E-state index in [1.165, 1.54) is 0 Å². The van der Waals surface area contributed by atoms with Crippen molar-refractivity contribution in [3.8, 4) is 5.75 Å². The fraction of sp³-hybridized carbons (Fsp3) is 0.333. The minimum Gasteiger partial charge on any atom is -0.494 e. The normalized spacial score (nSPS) is 20.2. The lowest BCUT2D eigenvalue weighted by atomic mass is 9.78. The third-order valence-electron chi connectivity index (χ3n) is 6.55. The van der Waals surface area contributed by atoms with Crippen LogP contribution in [-0.4, -0.2) is 40.4 Å². The number of nitrogens with zero attached hydrogens (tertiary/aromatic N) is 1. The molecule has 0 radical (unpaired) electrons. The first-order chi connectivity index (χ1) is 15.7. The van der Waals surface area contributed by atoms with Gasteiger partial charge in [-0.1, -0.05) is 18.2 Å². The van der Waals surface area contributed by atoms with E-state index < -0.39 is 17.4 Å². The van der Waals surface area contributed by atoms with Gasteiger partial charge < -0.3 is 4.74 Å². The van der Waals surface area contributed by atoms with Gasteiger partial charge in [-0.25, -0.2) is 0 Å².